The van der Waals surface area contributed by atoms with E-state index in [-0.39, 0.29) is 30.5 Å². The van der Waals surface area contributed by atoms with E-state index < -0.39 is 0 Å². The molecule has 0 aliphatic heterocycles. The van der Waals surface area contributed by atoms with E-state index in [9.17, 15) is 9.59 Å². The molecule has 1 aromatic carbocycles. The second-order valence-electron chi connectivity index (χ2n) is 5.91. The van der Waals surface area contributed by atoms with Crippen LogP contribution in [-0.2, 0) is 9.59 Å². The number of hydrogen-bond acceptors (Lipinski definition) is 4. The van der Waals surface area contributed by atoms with Gasteiger partial charge in [0, 0.05) is 18.3 Å². The number of benzene rings is 1. The zero-order chi connectivity index (χ0) is 16.0. The number of amides is 2. The van der Waals surface area contributed by atoms with Crippen molar-refractivity contribution in [2.45, 2.75) is 26.3 Å². The number of hydrogen-bond donors (Lipinski definition) is 2. The SMILES string of the molecule is CN(CC(=O)NC(C)(C)C)C(=O)COc1ccc(N)cc1. The average Bonchev–Trinajstić information content (AvgIpc) is 2.35. The molecule has 1 aromatic rings. The number of nitrogens with zero attached hydrogens (tertiary/aromatic N) is 1. The summed E-state index contributed by atoms with van der Waals surface area (Å²) in [6.07, 6.45) is 0. The van der Waals surface area contributed by atoms with Crippen LogP contribution in [0.4, 0.5) is 5.69 Å². The number of likely N-dealkylation sites (N-methyl/N-ethyl adjacent to an activating group) is 1. The second kappa shape index (κ2) is 6.97. The van der Waals surface area contributed by atoms with Crippen molar-refractivity contribution < 1.29 is 14.3 Å². The molecule has 0 fully saturated rings. The van der Waals surface area contributed by atoms with E-state index in [1.54, 1.807) is 31.3 Å². The van der Waals surface area contributed by atoms with Crippen molar-refractivity contribution in [3.05, 3.63) is 24.3 Å². The van der Waals surface area contributed by atoms with Gasteiger partial charge in [-0.3, -0.25) is 9.59 Å². The van der Waals surface area contributed by atoms with Crippen molar-refractivity contribution in [1.29, 1.82) is 0 Å². The first-order valence-electron chi connectivity index (χ1n) is 6.71. The first kappa shape index (κ1) is 16.8. The Morgan fingerprint density at radius 1 is 1.24 bits per heavy atom. The highest BCUT2D eigenvalue weighted by atomic mass is 16.5. The highest BCUT2D eigenvalue weighted by Gasteiger charge is 2.17. The minimum atomic E-state index is -0.318. The summed E-state index contributed by atoms with van der Waals surface area (Å²) in [6, 6.07) is 6.77. The maximum atomic E-state index is 11.9. The first-order valence-corrected chi connectivity index (χ1v) is 6.71. The molecule has 0 atom stereocenters. The lowest BCUT2D eigenvalue weighted by Crippen LogP contribution is -2.47. The van der Waals surface area contributed by atoms with Crippen LogP contribution in [0.1, 0.15) is 20.8 Å². The Kier molecular flexibility index (Phi) is 5.58. The molecule has 0 heterocycles. The predicted molar refractivity (Wildman–Crippen MR) is 81.9 cm³/mol. The molecular formula is C15H23N3O3. The van der Waals surface area contributed by atoms with Crippen LogP contribution in [-0.4, -0.2) is 42.5 Å². The number of carbonyl (C=O) groups excluding carboxylic acids is 2. The molecule has 3 N–H and O–H groups in total. The molecule has 1 rings (SSSR count). The average molecular weight is 293 g/mol. The summed E-state index contributed by atoms with van der Waals surface area (Å²) in [6.45, 7) is 5.54. The molecular weight excluding hydrogens is 270 g/mol. The third-order valence-corrected chi connectivity index (χ3v) is 2.56. The van der Waals surface area contributed by atoms with Gasteiger partial charge >= 0.3 is 0 Å². The van der Waals surface area contributed by atoms with Crippen LogP contribution in [0, 0.1) is 0 Å². The van der Waals surface area contributed by atoms with Crippen LogP contribution in [0.3, 0.4) is 0 Å². The third-order valence-electron chi connectivity index (χ3n) is 2.56. The lowest BCUT2D eigenvalue weighted by atomic mass is 10.1. The van der Waals surface area contributed by atoms with Crippen molar-refractivity contribution in [3.63, 3.8) is 0 Å². The summed E-state index contributed by atoms with van der Waals surface area (Å²) in [5, 5.41) is 2.80. The van der Waals surface area contributed by atoms with E-state index in [0.29, 0.717) is 11.4 Å². The monoisotopic (exact) mass is 293 g/mol. The van der Waals surface area contributed by atoms with Gasteiger partial charge in [-0.15, -0.1) is 0 Å². The molecule has 0 aromatic heterocycles. The Morgan fingerprint density at radius 3 is 2.33 bits per heavy atom. The number of ether oxygens (including phenoxy) is 1. The Bertz CT molecular complexity index is 492. The fourth-order valence-corrected chi connectivity index (χ4v) is 1.58. The molecule has 0 spiro atoms. The van der Waals surface area contributed by atoms with Crippen LogP contribution >= 0.6 is 0 Å². The van der Waals surface area contributed by atoms with Crippen LogP contribution in [0.2, 0.25) is 0 Å². The van der Waals surface area contributed by atoms with Gasteiger partial charge in [-0.05, 0) is 45.0 Å². The van der Waals surface area contributed by atoms with E-state index in [1.807, 2.05) is 20.8 Å². The number of nitrogen functional groups attached to an aromatic ring is 1. The smallest absolute Gasteiger partial charge is 0.260 e. The molecule has 0 bridgehead atoms. The summed E-state index contributed by atoms with van der Waals surface area (Å²) in [7, 11) is 1.57. The Balaban J connectivity index is 2.40. The summed E-state index contributed by atoms with van der Waals surface area (Å²) >= 11 is 0. The summed E-state index contributed by atoms with van der Waals surface area (Å²) < 4.78 is 5.35. The van der Waals surface area contributed by atoms with E-state index in [0.717, 1.165) is 0 Å². The van der Waals surface area contributed by atoms with Crippen LogP contribution in [0.25, 0.3) is 0 Å². The molecule has 0 unspecified atom stereocenters. The van der Waals surface area contributed by atoms with Gasteiger partial charge in [0.05, 0.1) is 6.54 Å². The number of rotatable bonds is 5. The van der Waals surface area contributed by atoms with Gasteiger partial charge in [0.15, 0.2) is 6.61 Å². The first-order chi connectivity index (χ1) is 9.67. The molecule has 0 aliphatic carbocycles. The maximum absolute atomic E-state index is 11.9. The van der Waals surface area contributed by atoms with Crippen molar-refractivity contribution in [2.75, 3.05) is 25.9 Å². The van der Waals surface area contributed by atoms with Gasteiger partial charge in [-0.25, -0.2) is 0 Å². The van der Waals surface area contributed by atoms with Crippen molar-refractivity contribution in [3.8, 4) is 5.75 Å². The quantitative estimate of drug-likeness (QED) is 0.794. The Labute approximate surface area is 125 Å². The summed E-state index contributed by atoms with van der Waals surface area (Å²) in [5.74, 6) is 0.0896. The fourth-order valence-electron chi connectivity index (χ4n) is 1.58. The summed E-state index contributed by atoms with van der Waals surface area (Å²) in [4.78, 5) is 24.9. The standard InChI is InChI=1S/C15H23N3O3/c1-15(2,3)17-13(19)9-18(4)14(20)10-21-12-7-5-11(16)6-8-12/h5-8H,9-10,16H2,1-4H3,(H,17,19). The van der Waals surface area contributed by atoms with Gasteiger partial charge in [-0.1, -0.05) is 0 Å². The van der Waals surface area contributed by atoms with E-state index in [2.05, 4.69) is 5.32 Å². The van der Waals surface area contributed by atoms with Gasteiger partial charge in [0.1, 0.15) is 5.75 Å². The largest absolute Gasteiger partial charge is 0.484 e. The molecule has 0 saturated heterocycles. The highest BCUT2D eigenvalue weighted by molar-refractivity contribution is 5.85. The Morgan fingerprint density at radius 2 is 1.81 bits per heavy atom. The number of anilines is 1. The van der Waals surface area contributed by atoms with Crippen LogP contribution in [0.5, 0.6) is 5.75 Å². The normalized spacial score (nSPS) is 10.9. The zero-order valence-corrected chi connectivity index (χ0v) is 13.0. The van der Waals surface area contributed by atoms with Gasteiger partial charge in [0.2, 0.25) is 5.91 Å². The van der Waals surface area contributed by atoms with Gasteiger partial charge < -0.3 is 20.7 Å². The minimum absolute atomic E-state index is 0.00119. The van der Waals surface area contributed by atoms with E-state index in [1.165, 1.54) is 4.90 Å². The van der Waals surface area contributed by atoms with Crippen molar-refractivity contribution in [2.24, 2.45) is 0 Å². The second-order valence-corrected chi connectivity index (χ2v) is 5.91. The lowest BCUT2D eigenvalue weighted by molar-refractivity contribution is -0.136. The van der Waals surface area contributed by atoms with Gasteiger partial charge in [-0.2, -0.15) is 0 Å². The zero-order valence-electron chi connectivity index (χ0n) is 13.0. The van der Waals surface area contributed by atoms with Crippen molar-refractivity contribution in [1.82, 2.24) is 10.2 Å². The Hall–Kier alpha value is -2.24. The van der Waals surface area contributed by atoms with E-state index in [4.69, 9.17) is 10.5 Å². The molecule has 2 amide bonds. The third kappa shape index (κ3) is 6.65. The van der Waals surface area contributed by atoms with Gasteiger partial charge in [0.25, 0.3) is 5.91 Å². The maximum Gasteiger partial charge on any atom is 0.260 e. The molecule has 0 aliphatic rings. The number of carbonyl (C=O) groups is 2. The molecule has 116 valence electrons. The highest BCUT2D eigenvalue weighted by Crippen LogP contribution is 2.12. The van der Waals surface area contributed by atoms with Crippen LogP contribution in [0.15, 0.2) is 24.3 Å². The lowest BCUT2D eigenvalue weighted by Gasteiger charge is -2.23. The van der Waals surface area contributed by atoms with E-state index >= 15 is 0 Å². The predicted octanol–water partition coefficient (Wildman–Crippen LogP) is 1.02. The number of nitrogens with two attached hydrogens (primary N) is 1. The minimum Gasteiger partial charge on any atom is -0.484 e. The molecule has 6 nitrogen and oxygen atoms in total. The fraction of sp³-hybridized carbons (Fsp3) is 0.467. The molecule has 0 radical (unpaired) electrons. The van der Waals surface area contributed by atoms with Crippen molar-refractivity contribution >= 4 is 17.5 Å². The van der Waals surface area contributed by atoms with Crippen LogP contribution < -0.4 is 15.8 Å². The molecule has 21 heavy (non-hydrogen) atoms. The molecule has 6 heteroatoms. The molecule has 0 saturated carbocycles. The summed E-state index contributed by atoms with van der Waals surface area (Å²) in [5.41, 5.74) is 5.87. The number of nitrogens with one attached hydrogen (secondary N) is 1. The topological polar surface area (TPSA) is 84.7 Å².